The second-order valence-corrected chi connectivity index (χ2v) is 5.76. The van der Waals surface area contributed by atoms with Crippen LogP contribution < -0.4 is 0 Å². The van der Waals surface area contributed by atoms with Crippen LogP contribution in [0.1, 0.15) is 73.6 Å². The zero-order chi connectivity index (χ0) is 11.8. The predicted octanol–water partition coefficient (Wildman–Crippen LogP) is 5.52. The smallest absolute Gasteiger partial charge is 0.0388 e. The third kappa shape index (κ3) is 6.22. The highest BCUT2D eigenvalue weighted by Gasteiger charge is 2.20. The molecule has 0 aromatic carbocycles. The Bertz CT molecular complexity index is 137. The van der Waals surface area contributed by atoms with E-state index in [1.807, 2.05) is 0 Å². The van der Waals surface area contributed by atoms with Crippen molar-refractivity contribution in [1.82, 2.24) is 0 Å². The fourth-order valence-electron chi connectivity index (χ4n) is 2.57. The summed E-state index contributed by atoms with van der Waals surface area (Å²) in [6.45, 7) is 14.2. The Morgan fingerprint density at radius 3 is 1.80 bits per heavy atom. The van der Waals surface area contributed by atoms with Crippen LogP contribution in [0.25, 0.3) is 0 Å². The molecule has 0 aliphatic carbocycles. The van der Waals surface area contributed by atoms with Gasteiger partial charge in [-0.3, -0.25) is 0 Å². The second-order valence-electron chi connectivity index (χ2n) is 5.76. The zero-order valence-electron chi connectivity index (χ0n) is 11.8. The first-order valence-electron chi connectivity index (χ1n) is 7.02. The monoisotopic (exact) mass is 212 g/mol. The molecule has 0 aliphatic rings. The van der Waals surface area contributed by atoms with E-state index in [-0.39, 0.29) is 0 Å². The third-order valence-corrected chi connectivity index (χ3v) is 4.02. The molecule has 0 radical (unpaired) electrons. The van der Waals surface area contributed by atoms with Gasteiger partial charge in [-0.05, 0) is 30.1 Å². The van der Waals surface area contributed by atoms with Gasteiger partial charge in [0.2, 0.25) is 0 Å². The lowest BCUT2D eigenvalue weighted by Crippen LogP contribution is -2.19. The molecule has 0 aromatic heterocycles. The lowest BCUT2D eigenvalue weighted by Gasteiger charge is -2.28. The largest absolute Gasteiger partial charge is 0.0654 e. The maximum Gasteiger partial charge on any atom is -0.0388 e. The molecule has 15 heavy (non-hydrogen) atoms. The van der Waals surface area contributed by atoms with Crippen LogP contribution in [0.15, 0.2) is 0 Å². The Hall–Kier alpha value is 0. The summed E-state index contributed by atoms with van der Waals surface area (Å²) in [5, 5.41) is 0. The molecule has 0 fully saturated rings. The van der Waals surface area contributed by atoms with Crippen molar-refractivity contribution in [3.63, 3.8) is 0 Å². The second kappa shape index (κ2) is 8.19. The van der Waals surface area contributed by atoms with Crippen molar-refractivity contribution in [3.05, 3.63) is 0 Å². The van der Waals surface area contributed by atoms with Gasteiger partial charge in [0, 0.05) is 0 Å². The minimum absolute atomic E-state index is 0.868. The maximum atomic E-state index is 2.47. The summed E-state index contributed by atoms with van der Waals surface area (Å²) >= 11 is 0. The van der Waals surface area contributed by atoms with E-state index >= 15 is 0 Å². The van der Waals surface area contributed by atoms with Crippen molar-refractivity contribution in [1.29, 1.82) is 0 Å². The molecule has 0 rings (SSSR count). The number of hydrogen-bond donors (Lipinski definition) is 0. The fraction of sp³-hybridized carbons (Fsp3) is 1.00. The molecule has 0 N–H and O–H groups in total. The van der Waals surface area contributed by atoms with Gasteiger partial charge in [0.25, 0.3) is 0 Å². The Morgan fingerprint density at radius 1 is 0.800 bits per heavy atom. The molecular formula is C15H32. The van der Waals surface area contributed by atoms with Crippen molar-refractivity contribution >= 4 is 0 Å². The van der Waals surface area contributed by atoms with Crippen molar-refractivity contribution in [2.45, 2.75) is 73.6 Å². The molecule has 0 heteroatoms. The van der Waals surface area contributed by atoms with E-state index in [1.165, 1.54) is 32.1 Å². The molecule has 0 saturated heterocycles. The van der Waals surface area contributed by atoms with Gasteiger partial charge < -0.3 is 0 Å². The normalized spacial score (nSPS) is 17.8. The summed E-state index contributed by atoms with van der Waals surface area (Å²) in [5.74, 6) is 3.64. The van der Waals surface area contributed by atoms with Gasteiger partial charge in [0.05, 0.1) is 0 Å². The standard InChI is InChI=1S/C15H32/c1-7-9-13(5)14(6)15(8-2)11-10-12(3)4/h12-15H,7-11H2,1-6H3. The number of rotatable bonds is 8. The first-order valence-corrected chi connectivity index (χ1v) is 7.02. The Morgan fingerprint density at radius 2 is 1.40 bits per heavy atom. The average Bonchev–Trinajstić information content (AvgIpc) is 2.18. The maximum absolute atomic E-state index is 2.47. The fourth-order valence-corrected chi connectivity index (χ4v) is 2.57. The van der Waals surface area contributed by atoms with Crippen LogP contribution in [-0.2, 0) is 0 Å². The highest BCUT2D eigenvalue weighted by atomic mass is 14.3. The van der Waals surface area contributed by atoms with E-state index in [0.717, 1.165) is 23.7 Å². The lowest BCUT2D eigenvalue weighted by molar-refractivity contribution is 0.220. The van der Waals surface area contributed by atoms with E-state index in [0.29, 0.717) is 0 Å². The summed E-state index contributed by atoms with van der Waals surface area (Å²) in [6, 6.07) is 0. The van der Waals surface area contributed by atoms with E-state index in [1.54, 1.807) is 0 Å². The van der Waals surface area contributed by atoms with Gasteiger partial charge >= 0.3 is 0 Å². The van der Waals surface area contributed by atoms with Crippen LogP contribution in [-0.4, -0.2) is 0 Å². The molecule has 3 unspecified atom stereocenters. The van der Waals surface area contributed by atoms with Crippen LogP contribution in [0.3, 0.4) is 0 Å². The third-order valence-electron chi connectivity index (χ3n) is 4.02. The van der Waals surface area contributed by atoms with Gasteiger partial charge in [-0.2, -0.15) is 0 Å². The minimum Gasteiger partial charge on any atom is -0.0654 e. The SMILES string of the molecule is CCCC(C)C(C)C(CC)CCC(C)C. The van der Waals surface area contributed by atoms with Gasteiger partial charge in [0.1, 0.15) is 0 Å². The summed E-state index contributed by atoms with van der Waals surface area (Å²) in [7, 11) is 0. The molecule has 0 saturated carbocycles. The molecule has 0 heterocycles. The topological polar surface area (TPSA) is 0 Å². The van der Waals surface area contributed by atoms with E-state index in [9.17, 15) is 0 Å². The Labute approximate surface area is 97.8 Å². The van der Waals surface area contributed by atoms with E-state index in [2.05, 4.69) is 41.5 Å². The van der Waals surface area contributed by atoms with Crippen molar-refractivity contribution in [3.8, 4) is 0 Å². The molecule has 3 atom stereocenters. The minimum atomic E-state index is 0.868. The zero-order valence-corrected chi connectivity index (χ0v) is 11.8. The van der Waals surface area contributed by atoms with Crippen LogP contribution in [0.2, 0.25) is 0 Å². The Balaban J connectivity index is 4.02. The summed E-state index contributed by atoms with van der Waals surface area (Å²) in [4.78, 5) is 0. The van der Waals surface area contributed by atoms with Gasteiger partial charge in [-0.15, -0.1) is 0 Å². The summed E-state index contributed by atoms with van der Waals surface area (Å²) < 4.78 is 0. The summed E-state index contributed by atoms with van der Waals surface area (Å²) in [5.41, 5.74) is 0. The molecular weight excluding hydrogens is 180 g/mol. The van der Waals surface area contributed by atoms with Crippen LogP contribution in [0.4, 0.5) is 0 Å². The summed E-state index contributed by atoms with van der Waals surface area (Å²) in [6.07, 6.45) is 6.94. The van der Waals surface area contributed by atoms with Crippen molar-refractivity contribution in [2.24, 2.45) is 23.7 Å². The molecule has 0 bridgehead atoms. The highest BCUT2D eigenvalue weighted by Crippen LogP contribution is 2.30. The highest BCUT2D eigenvalue weighted by molar-refractivity contribution is 4.71. The Kier molecular flexibility index (Phi) is 8.19. The first-order chi connectivity index (χ1) is 7.02. The van der Waals surface area contributed by atoms with Crippen LogP contribution in [0, 0.1) is 23.7 Å². The lowest BCUT2D eigenvalue weighted by atomic mass is 9.77. The molecule has 0 aliphatic heterocycles. The molecule has 0 aromatic rings. The molecule has 0 amide bonds. The van der Waals surface area contributed by atoms with Crippen LogP contribution >= 0.6 is 0 Å². The van der Waals surface area contributed by atoms with Crippen LogP contribution in [0.5, 0.6) is 0 Å². The molecule has 0 spiro atoms. The van der Waals surface area contributed by atoms with Crippen molar-refractivity contribution in [2.75, 3.05) is 0 Å². The van der Waals surface area contributed by atoms with Gasteiger partial charge in [-0.25, -0.2) is 0 Å². The van der Waals surface area contributed by atoms with Gasteiger partial charge in [0.15, 0.2) is 0 Å². The predicted molar refractivity (Wildman–Crippen MR) is 71.1 cm³/mol. The molecule has 92 valence electrons. The number of hydrogen-bond acceptors (Lipinski definition) is 0. The van der Waals surface area contributed by atoms with Gasteiger partial charge in [-0.1, -0.05) is 67.2 Å². The average molecular weight is 212 g/mol. The van der Waals surface area contributed by atoms with Crippen molar-refractivity contribution < 1.29 is 0 Å². The quantitative estimate of drug-likeness (QED) is 0.497. The van der Waals surface area contributed by atoms with E-state index < -0.39 is 0 Å². The first kappa shape index (κ1) is 15.0. The van der Waals surface area contributed by atoms with E-state index in [4.69, 9.17) is 0 Å². The molecule has 0 nitrogen and oxygen atoms in total.